The smallest absolute Gasteiger partial charge is 0.340 e. The normalized spacial score (nSPS) is 14.2. The molecule has 1 fully saturated rings. The molecule has 1 aliphatic heterocycles. The van der Waals surface area contributed by atoms with Crippen LogP contribution in [0.2, 0.25) is 0 Å². The number of carbonyl (C=O) groups is 3. The second-order valence-corrected chi connectivity index (χ2v) is 6.69. The molecule has 0 unspecified atom stereocenters. The molecular weight excluding hydrogens is 372 g/mol. The highest BCUT2D eigenvalue weighted by molar-refractivity contribution is 6.09. The molecule has 1 aromatic carbocycles. The van der Waals surface area contributed by atoms with Crippen LogP contribution in [0, 0.1) is 11.3 Å². The van der Waals surface area contributed by atoms with Gasteiger partial charge in [-0.05, 0) is 18.6 Å². The Morgan fingerprint density at radius 3 is 2.52 bits per heavy atom. The number of ether oxygens (including phenoxy) is 1. The Balaban J connectivity index is 2.06. The van der Waals surface area contributed by atoms with Crippen molar-refractivity contribution < 1.29 is 19.1 Å². The quantitative estimate of drug-likeness (QED) is 0.327. The first-order chi connectivity index (χ1) is 14.0. The first-order valence-electron chi connectivity index (χ1n) is 9.65. The van der Waals surface area contributed by atoms with E-state index in [0.29, 0.717) is 38.5 Å². The molecule has 8 nitrogen and oxygen atoms in total. The highest BCUT2D eigenvalue weighted by Gasteiger charge is 2.20. The van der Waals surface area contributed by atoms with Crippen LogP contribution in [0.1, 0.15) is 37.0 Å². The average Bonchev–Trinajstić information content (AvgIpc) is 2.72. The molecule has 1 aliphatic rings. The maximum absolute atomic E-state index is 12.6. The molecule has 0 aromatic heterocycles. The van der Waals surface area contributed by atoms with Gasteiger partial charge in [0.2, 0.25) is 5.91 Å². The maximum Gasteiger partial charge on any atom is 0.340 e. The van der Waals surface area contributed by atoms with E-state index in [4.69, 9.17) is 4.74 Å². The van der Waals surface area contributed by atoms with Crippen molar-refractivity contribution in [3.05, 3.63) is 41.6 Å². The zero-order chi connectivity index (χ0) is 21.2. The van der Waals surface area contributed by atoms with E-state index in [2.05, 4.69) is 5.32 Å². The first kappa shape index (κ1) is 22.0. The molecule has 1 saturated heterocycles. The molecule has 154 valence electrons. The van der Waals surface area contributed by atoms with Gasteiger partial charge in [-0.2, -0.15) is 5.26 Å². The molecule has 0 radical (unpaired) electrons. The number of hydrogen-bond acceptors (Lipinski definition) is 6. The van der Waals surface area contributed by atoms with Gasteiger partial charge in [-0.3, -0.25) is 9.59 Å². The number of para-hydroxylation sites is 1. The number of hydrogen-bond donors (Lipinski definition) is 1. The average molecular weight is 398 g/mol. The SMILES string of the molecule is CCCCOC(=O)c1ccccc1NC(=O)/C(C#N)=C\N1CCN(C(C)=O)CC1. The minimum absolute atomic E-state index is 0.00862. The van der Waals surface area contributed by atoms with Crippen LogP contribution in [0.4, 0.5) is 5.69 Å². The maximum atomic E-state index is 12.6. The second kappa shape index (κ2) is 10.9. The second-order valence-electron chi connectivity index (χ2n) is 6.69. The number of nitrogens with zero attached hydrogens (tertiary/aromatic N) is 3. The number of anilines is 1. The van der Waals surface area contributed by atoms with Gasteiger partial charge >= 0.3 is 5.97 Å². The zero-order valence-electron chi connectivity index (χ0n) is 16.8. The van der Waals surface area contributed by atoms with E-state index >= 15 is 0 Å². The van der Waals surface area contributed by atoms with E-state index in [1.165, 1.54) is 13.1 Å². The standard InChI is InChI=1S/C21H26N4O4/c1-3-4-13-29-21(28)18-7-5-6-8-19(18)23-20(27)17(14-22)15-24-9-11-25(12-10-24)16(2)26/h5-8,15H,3-4,9-13H2,1-2H3,(H,23,27)/b17-15-. The molecule has 0 bridgehead atoms. The number of rotatable bonds is 7. The summed E-state index contributed by atoms with van der Waals surface area (Å²) in [6, 6.07) is 8.44. The number of amides is 2. The lowest BCUT2D eigenvalue weighted by atomic mass is 10.1. The lowest BCUT2D eigenvalue weighted by Gasteiger charge is -2.33. The van der Waals surface area contributed by atoms with Crippen molar-refractivity contribution in [1.82, 2.24) is 9.80 Å². The Kier molecular flexibility index (Phi) is 8.22. The lowest BCUT2D eigenvalue weighted by molar-refractivity contribution is -0.130. The van der Waals surface area contributed by atoms with Crippen LogP contribution in [-0.4, -0.2) is 60.4 Å². The molecule has 0 aliphatic carbocycles. The lowest BCUT2D eigenvalue weighted by Crippen LogP contribution is -2.46. The summed E-state index contributed by atoms with van der Waals surface area (Å²) in [6.45, 7) is 5.99. The molecule has 0 spiro atoms. The van der Waals surface area contributed by atoms with E-state index in [9.17, 15) is 19.6 Å². The van der Waals surface area contributed by atoms with E-state index in [1.54, 1.807) is 29.2 Å². The molecule has 1 heterocycles. The molecule has 2 rings (SSSR count). The van der Waals surface area contributed by atoms with Gasteiger partial charge in [0.05, 0.1) is 17.9 Å². The Labute approximate surface area is 170 Å². The minimum atomic E-state index is -0.602. The van der Waals surface area contributed by atoms with Crippen LogP contribution in [0.5, 0.6) is 0 Å². The monoisotopic (exact) mass is 398 g/mol. The van der Waals surface area contributed by atoms with Gasteiger partial charge in [0.1, 0.15) is 11.6 Å². The molecular formula is C21H26N4O4. The van der Waals surface area contributed by atoms with Crippen LogP contribution in [0.25, 0.3) is 0 Å². The van der Waals surface area contributed by atoms with Gasteiger partial charge in [-0.25, -0.2) is 4.79 Å². The van der Waals surface area contributed by atoms with E-state index in [1.807, 2.05) is 17.9 Å². The molecule has 2 amide bonds. The summed E-state index contributed by atoms with van der Waals surface area (Å²) in [5.41, 5.74) is 0.460. The Hall–Kier alpha value is -3.34. The fraction of sp³-hybridized carbons (Fsp3) is 0.429. The van der Waals surface area contributed by atoms with Gasteiger partial charge in [-0.15, -0.1) is 0 Å². The van der Waals surface area contributed by atoms with Crippen molar-refractivity contribution in [2.75, 3.05) is 38.1 Å². The predicted molar refractivity (Wildman–Crippen MR) is 108 cm³/mol. The summed E-state index contributed by atoms with van der Waals surface area (Å²) in [5.74, 6) is -1.11. The zero-order valence-corrected chi connectivity index (χ0v) is 16.8. The predicted octanol–water partition coefficient (Wildman–Crippen LogP) is 2.15. The van der Waals surface area contributed by atoms with Gasteiger partial charge < -0.3 is 19.9 Å². The topological polar surface area (TPSA) is 103 Å². The number of nitrogens with one attached hydrogen (secondary N) is 1. The third-order valence-electron chi connectivity index (χ3n) is 4.56. The largest absolute Gasteiger partial charge is 0.462 e. The van der Waals surface area contributed by atoms with Gasteiger partial charge in [-0.1, -0.05) is 25.5 Å². The van der Waals surface area contributed by atoms with Crippen LogP contribution >= 0.6 is 0 Å². The van der Waals surface area contributed by atoms with E-state index in [0.717, 1.165) is 12.8 Å². The van der Waals surface area contributed by atoms with E-state index in [-0.39, 0.29) is 17.0 Å². The Morgan fingerprint density at radius 1 is 1.21 bits per heavy atom. The number of nitriles is 1. The van der Waals surface area contributed by atoms with Crippen molar-refractivity contribution >= 4 is 23.5 Å². The van der Waals surface area contributed by atoms with Crippen molar-refractivity contribution in [2.24, 2.45) is 0 Å². The molecule has 0 atom stereocenters. The molecule has 0 saturated carbocycles. The number of esters is 1. The van der Waals surface area contributed by atoms with Crippen LogP contribution < -0.4 is 5.32 Å². The van der Waals surface area contributed by atoms with Crippen molar-refractivity contribution in [1.29, 1.82) is 5.26 Å². The fourth-order valence-electron chi connectivity index (χ4n) is 2.83. The van der Waals surface area contributed by atoms with Gasteiger partial charge in [0.15, 0.2) is 0 Å². The van der Waals surface area contributed by atoms with E-state index < -0.39 is 11.9 Å². The fourth-order valence-corrected chi connectivity index (χ4v) is 2.83. The summed E-state index contributed by atoms with van der Waals surface area (Å²) in [7, 11) is 0. The van der Waals surface area contributed by atoms with Crippen molar-refractivity contribution in [3.8, 4) is 6.07 Å². The molecule has 29 heavy (non-hydrogen) atoms. The summed E-state index contributed by atoms with van der Waals surface area (Å²) < 4.78 is 5.22. The summed E-state index contributed by atoms with van der Waals surface area (Å²) in [4.78, 5) is 39.8. The molecule has 8 heteroatoms. The Bertz CT molecular complexity index is 820. The third-order valence-corrected chi connectivity index (χ3v) is 4.56. The minimum Gasteiger partial charge on any atom is -0.462 e. The highest BCUT2D eigenvalue weighted by atomic mass is 16.5. The van der Waals surface area contributed by atoms with Crippen molar-refractivity contribution in [2.45, 2.75) is 26.7 Å². The number of benzene rings is 1. The van der Waals surface area contributed by atoms with Crippen LogP contribution in [-0.2, 0) is 14.3 Å². The molecule has 1 N–H and O–H groups in total. The molecule has 1 aromatic rings. The summed E-state index contributed by atoms with van der Waals surface area (Å²) in [6.07, 6.45) is 3.16. The van der Waals surface area contributed by atoms with Crippen molar-refractivity contribution in [3.63, 3.8) is 0 Å². The first-order valence-corrected chi connectivity index (χ1v) is 9.65. The van der Waals surface area contributed by atoms with Crippen LogP contribution in [0.3, 0.4) is 0 Å². The van der Waals surface area contributed by atoms with Crippen LogP contribution in [0.15, 0.2) is 36.0 Å². The Morgan fingerprint density at radius 2 is 1.90 bits per heavy atom. The number of unbranched alkanes of at least 4 members (excludes halogenated alkanes) is 1. The van der Waals surface area contributed by atoms with Gasteiger partial charge in [0.25, 0.3) is 5.91 Å². The number of carbonyl (C=O) groups excluding carboxylic acids is 3. The number of piperazine rings is 1. The highest BCUT2D eigenvalue weighted by Crippen LogP contribution is 2.18. The van der Waals surface area contributed by atoms with Gasteiger partial charge in [0, 0.05) is 39.3 Å². The third kappa shape index (κ3) is 6.35. The summed E-state index contributed by atoms with van der Waals surface area (Å²) >= 11 is 0. The summed E-state index contributed by atoms with van der Waals surface area (Å²) in [5, 5.41) is 12.0.